The van der Waals surface area contributed by atoms with Crippen molar-refractivity contribution in [2.45, 2.75) is 47.6 Å². The van der Waals surface area contributed by atoms with Crippen LogP contribution in [-0.2, 0) is 9.59 Å². The fraction of sp³-hybridized carbons (Fsp3) is 0.467. The van der Waals surface area contributed by atoms with Gasteiger partial charge in [-0.15, -0.1) is 0 Å². The fourth-order valence-electron chi connectivity index (χ4n) is 4.59. The van der Waals surface area contributed by atoms with Gasteiger partial charge in [0.15, 0.2) is 11.5 Å². The van der Waals surface area contributed by atoms with Gasteiger partial charge >= 0.3 is 0 Å². The van der Waals surface area contributed by atoms with Gasteiger partial charge in [0.05, 0.1) is 24.8 Å². The van der Waals surface area contributed by atoms with E-state index in [-0.39, 0.29) is 22.8 Å². The van der Waals surface area contributed by atoms with Crippen molar-refractivity contribution >= 4 is 17.4 Å². The van der Waals surface area contributed by atoms with E-state index in [1.165, 1.54) is 11.0 Å². The molecule has 1 amide bonds. The number of likely N-dealkylation sites (N-methyl/N-ethyl adjacent to an activating group) is 1. The van der Waals surface area contributed by atoms with Crippen LogP contribution in [-0.4, -0.2) is 71.1 Å². The lowest BCUT2D eigenvalue weighted by Crippen LogP contribution is -2.38. The molecule has 0 spiro atoms. The average Bonchev–Trinajstić information content (AvgIpc) is 3.14. The first kappa shape index (κ1) is 29.0. The van der Waals surface area contributed by atoms with Crippen molar-refractivity contribution in [3.63, 3.8) is 0 Å². The highest BCUT2D eigenvalue weighted by atomic mass is 16.5. The molecule has 1 aliphatic heterocycles. The Hall–Kier alpha value is -3.52. The lowest BCUT2D eigenvalue weighted by molar-refractivity contribution is -0.140. The number of amides is 1. The number of aryl methyl sites for hydroxylation is 1. The van der Waals surface area contributed by atoms with Gasteiger partial charge in [-0.05, 0) is 74.3 Å². The number of ketones is 1. The largest absolute Gasteiger partial charge is 0.507 e. The third-order valence-electron chi connectivity index (χ3n) is 6.71. The molecule has 0 saturated carbocycles. The Bertz CT molecular complexity index is 1190. The molecule has 0 unspecified atom stereocenters. The number of carbonyl (C=O) groups excluding carboxylic acids is 2. The molecule has 0 radical (unpaired) electrons. The first-order chi connectivity index (χ1) is 18.1. The van der Waals surface area contributed by atoms with Crippen molar-refractivity contribution in [2.24, 2.45) is 5.92 Å². The van der Waals surface area contributed by atoms with Gasteiger partial charge in [-0.25, -0.2) is 0 Å². The Labute approximate surface area is 225 Å². The van der Waals surface area contributed by atoms with E-state index < -0.39 is 17.7 Å². The first-order valence-corrected chi connectivity index (χ1v) is 13.3. The van der Waals surface area contributed by atoms with Gasteiger partial charge < -0.3 is 29.5 Å². The Morgan fingerprint density at radius 2 is 1.74 bits per heavy atom. The third-order valence-corrected chi connectivity index (χ3v) is 6.71. The maximum Gasteiger partial charge on any atom is 0.295 e. The van der Waals surface area contributed by atoms with Crippen LogP contribution < -0.4 is 9.47 Å². The van der Waals surface area contributed by atoms with Gasteiger partial charge in [0, 0.05) is 18.7 Å². The number of hydrogen-bond donors (Lipinski definition) is 2. The van der Waals surface area contributed by atoms with Crippen LogP contribution in [0.5, 0.6) is 17.2 Å². The zero-order valence-electron chi connectivity index (χ0n) is 23.3. The molecule has 1 aliphatic rings. The summed E-state index contributed by atoms with van der Waals surface area (Å²) in [7, 11) is 0. The summed E-state index contributed by atoms with van der Waals surface area (Å²) >= 11 is 0. The predicted octanol–water partition coefficient (Wildman–Crippen LogP) is 4.90. The van der Waals surface area contributed by atoms with E-state index in [0.717, 1.165) is 18.7 Å². The minimum atomic E-state index is -0.831. The third kappa shape index (κ3) is 6.30. The van der Waals surface area contributed by atoms with Crippen LogP contribution in [0.25, 0.3) is 5.76 Å². The highest BCUT2D eigenvalue weighted by Crippen LogP contribution is 2.42. The molecule has 1 heterocycles. The van der Waals surface area contributed by atoms with Gasteiger partial charge in [0.25, 0.3) is 11.7 Å². The zero-order valence-corrected chi connectivity index (χ0v) is 23.3. The second kappa shape index (κ2) is 12.8. The molecule has 8 nitrogen and oxygen atoms in total. The van der Waals surface area contributed by atoms with Crippen molar-refractivity contribution in [3.05, 3.63) is 58.7 Å². The van der Waals surface area contributed by atoms with Crippen molar-refractivity contribution in [1.82, 2.24) is 9.80 Å². The molecule has 206 valence electrons. The summed E-state index contributed by atoms with van der Waals surface area (Å²) in [5.41, 5.74) is 1.82. The number of benzene rings is 2. The lowest BCUT2D eigenvalue weighted by Gasteiger charge is -2.28. The van der Waals surface area contributed by atoms with Crippen molar-refractivity contribution in [3.8, 4) is 17.2 Å². The zero-order chi connectivity index (χ0) is 28.0. The topological polar surface area (TPSA) is 99.5 Å². The van der Waals surface area contributed by atoms with Crippen LogP contribution >= 0.6 is 0 Å². The summed E-state index contributed by atoms with van der Waals surface area (Å²) in [6, 6.07) is 9.15. The smallest absolute Gasteiger partial charge is 0.295 e. The van der Waals surface area contributed by atoms with Crippen LogP contribution in [0, 0.1) is 12.8 Å². The summed E-state index contributed by atoms with van der Waals surface area (Å²) in [5.74, 6) is -0.374. The number of rotatable bonds is 12. The normalized spacial score (nSPS) is 17.1. The van der Waals surface area contributed by atoms with Crippen LogP contribution in [0.1, 0.15) is 57.4 Å². The van der Waals surface area contributed by atoms with E-state index in [2.05, 4.69) is 18.7 Å². The number of aliphatic hydroxyl groups is 1. The van der Waals surface area contributed by atoms with Gasteiger partial charge in [-0.2, -0.15) is 0 Å². The number of likely N-dealkylation sites (tertiary alicyclic amines) is 1. The highest BCUT2D eigenvalue weighted by molar-refractivity contribution is 6.46. The molecule has 2 aromatic carbocycles. The summed E-state index contributed by atoms with van der Waals surface area (Å²) in [6.07, 6.45) is 0. The number of phenols is 1. The molecule has 1 fully saturated rings. The highest BCUT2D eigenvalue weighted by Gasteiger charge is 2.46. The summed E-state index contributed by atoms with van der Waals surface area (Å²) in [4.78, 5) is 30.3. The molecular weight excluding hydrogens is 484 g/mol. The Morgan fingerprint density at radius 1 is 1.03 bits per heavy atom. The standard InChI is InChI=1S/C30H40N2O6/c1-7-31(8-2)14-15-32-27(21-10-12-23(33)25(17-21)37-9-3)26(29(35)30(32)36)28(34)22-11-13-24(20(6)16-22)38-18-19(4)5/h10-13,16-17,19,27,33-34H,7-9,14-15,18H2,1-6H3/b28-26+/t27-/m0/s1. The van der Waals surface area contributed by atoms with E-state index in [0.29, 0.717) is 49.1 Å². The van der Waals surface area contributed by atoms with Crippen LogP contribution in [0.3, 0.4) is 0 Å². The lowest BCUT2D eigenvalue weighted by atomic mass is 9.94. The monoisotopic (exact) mass is 524 g/mol. The van der Waals surface area contributed by atoms with E-state index in [4.69, 9.17) is 9.47 Å². The molecule has 0 aromatic heterocycles. The van der Waals surface area contributed by atoms with E-state index >= 15 is 0 Å². The van der Waals surface area contributed by atoms with Gasteiger partial charge in [-0.1, -0.05) is 33.8 Å². The van der Waals surface area contributed by atoms with Crippen LogP contribution in [0.15, 0.2) is 42.0 Å². The van der Waals surface area contributed by atoms with E-state index in [1.54, 1.807) is 37.3 Å². The van der Waals surface area contributed by atoms with E-state index in [9.17, 15) is 19.8 Å². The number of aromatic hydroxyl groups is 1. The number of carbonyl (C=O) groups is 2. The quantitative estimate of drug-likeness (QED) is 0.231. The number of aliphatic hydroxyl groups excluding tert-OH is 1. The molecule has 8 heteroatoms. The van der Waals surface area contributed by atoms with Crippen molar-refractivity contribution in [1.29, 1.82) is 0 Å². The second-order valence-corrected chi connectivity index (χ2v) is 9.86. The predicted molar refractivity (Wildman–Crippen MR) is 148 cm³/mol. The average molecular weight is 525 g/mol. The van der Waals surface area contributed by atoms with Gasteiger partial charge in [0.1, 0.15) is 11.5 Å². The Balaban J connectivity index is 2.11. The van der Waals surface area contributed by atoms with Crippen LogP contribution in [0.4, 0.5) is 0 Å². The van der Waals surface area contributed by atoms with E-state index in [1.807, 2.05) is 20.8 Å². The first-order valence-electron chi connectivity index (χ1n) is 13.3. The molecule has 2 aromatic rings. The SMILES string of the molecule is CCOc1cc([C@H]2/C(=C(\O)c3ccc(OCC(C)C)c(C)c3)C(=O)C(=O)N2CCN(CC)CC)ccc1O. The summed E-state index contributed by atoms with van der Waals surface area (Å²) in [6.45, 7) is 15.3. The van der Waals surface area contributed by atoms with Crippen molar-refractivity contribution < 1.29 is 29.3 Å². The maximum absolute atomic E-state index is 13.4. The molecular formula is C30H40N2O6. The maximum atomic E-state index is 13.4. The molecule has 38 heavy (non-hydrogen) atoms. The molecule has 1 saturated heterocycles. The minimum absolute atomic E-state index is 0.0120. The molecule has 2 N–H and O–H groups in total. The number of Topliss-reactive ketones (excluding diaryl/α,β-unsaturated/α-hetero) is 1. The summed E-state index contributed by atoms with van der Waals surface area (Å²) in [5, 5.41) is 21.7. The van der Waals surface area contributed by atoms with Gasteiger partial charge in [0.2, 0.25) is 0 Å². The number of phenolic OH excluding ortho intramolecular Hbond substituents is 1. The Morgan fingerprint density at radius 3 is 2.34 bits per heavy atom. The fourth-order valence-corrected chi connectivity index (χ4v) is 4.59. The van der Waals surface area contributed by atoms with Crippen LogP contribution in [0.2, 0.25) is 0 Å². The molecule has 1 atom stereocenters. The van der Waals surface area contributed by atoms with Crippen molar-refractivity contribution in [2.75, 3.05) is 39.4 Å². The molecule has 0 aliphatic carbocycles. The number of hydrogen-bond acceptors (Lipinski definition) is 7. The molecule has 0 bridgehead atoms. The summed E-state index contributed by atoms with van der Waals surface area (Å²) < 4.78 is 11.4. The van der Waals surface area contributed by atoms with Gasteiger partial charge in [-0.3, -0.25) is 9.59 Å². The number of ether oxygens (including phenoxy) is 2. The Kier molecular flexibility index (Phi) is 9.80. The molecule has 3 rings (SSSR count). The second-order valence-electron chi connectivity index (χ2n) is 9.86. The minimum Gasteiger partial charge on any atom is -0.507 e. The number of nitrogens with zero attached hydrogens (tertiary/aromatic N) is 2.